The van der Waals surface area contributed by atoms with Gasteiger partial charge in [0.25, 0.3) is 0 Å². The Morgan fingerprint density at radius 2 is 2.05 bits per heavy atom. The lowest BCUT2D eigenvalue weighted by atomic mass is 9.94. The van der Waals surface area contributed by atoms with Crippen molar-refractivity contribution in [3.63, 3.8) is 0 Å². The van der Waals surface area contributed by atoms with E-state index in [-0.39, 0.29) is 0 Å². The number of nitrogens with one attached hydrogen (secondary N) is 1. The van der Waals surface area contributed by atoms with E-state index in [9.17, 15) is 0 Å². The Bertz CT molecular complexity index is 368. The highest BCUT2D eigenvalue weighted by molar-refractivity contribution is 5.41. The Morgan fingerprint density at radius 1 is 1.32 bits per heavy atom. The minimum absolute atomic E-state index is 0.367. The van der Waals surface area contributed by atoms with Crippen molar-refractivity contribution in [2.75, 3.05) is 18.5 Å². The summed E-state index contributed by atoms with van der Waals surface area (Å²) in [7, 11) is 1.99. The molecule has 1 aliphatic rings. The summed E-state index contributed by atoms with van der Waals surface area (Å²) >= 11 is 0. The third kappa shape index (κ3) is 3.47. The molecule has 0 aromatic carbocycles. The fraction of sp³-hybridized carbons (Fsp3) is 0.688. The second kappa shape index (κ2) is 6.90. The predicted octanol–water partition coefficient (Wildman–Crippen LogP) is 3.52. The van der Waals surface area contributed by atoms with Crippen LogP contribution in [0.25, 0.3) is 0 Å². The van der Waals surface area contributed by atoms with Crippen molar-refractivity contribution in [3.05, 3.63) is 23.9 Å². The molecule has 3 heteroatoms. The van der Waals surface area contributed by atoms with E-state index in [0.717, 1.165) is 12.4 Å². The first kappa shape index (κ1) is 14.3. The molecule has 1 N–H and O–H groups in total. The summed E-state index contributed by atoms with van der Waals surface area (Å²) in [5, 5.41) is 3.25. The fourth-order valence-electron chi connectivity index (χ4n) is 2.99. The SMILES string of the molecule is CCN(c1ccc(C(C)NC)cn1)C1CCCCC1. The quantitative estimate of drug-likeness (QED) is 0.879. The van der Waals surface area contributed by atoms with Crippen LogP contribution < -0.4 is 10.2 Å². The highest BCUT2D eigenvalue weighted by Crippen LogP contribution is 2.26. The van der Waals surface area contributed by atoms with Gasteiger partial charge in [0, 0.05) is 24.8 Å². The molecule has 106 valence electrons. The molecular formula is C16H27N3. The van der Waals surface area contributed by atoms with Crippen LogP contribution in [0.4, 0.5) is 5.82 Å². The molecular weight excluding hydrogens is 234 g/mol. The first-order valence-electron chi connectivity index (χ1n) is 7.66. The van der Waals surface area contributed by atoms with Crippen LogP contribution in [0.5, 0.6) is 0 Å². The van der Waals surface area contributed by atoms with Gasteiger partial charge in [0.05, 0.1) is 0 Å². The first-order valence-corrected chi connectivity index (χ1v) is 7.66. The Balaban J connectivity index is 2.09. The molecule has 2 rings (SSSR count). The Morgan fingerprint density at radius 3 is 2.58 bits per heavy atom. The van der Waals surface area contributed by atoms with Gasteiger partial charge in [-0.25, -0.2) is 4.98 Å². The summed E-state index contributed by atoms with van der Waals surface area (Å²) in [6.07, 6.45) is 8.81. The van der Waals surface area contributed by atoms with Gasteiger partial charge in [0.15, 0.2) is 0 Å². The van der Waals surface area contributed by atoms with Crippen LogP contribution in [-0.2, 0) is 0 Å². The van der Waals surface area contributed by atoms with Crippen molar-refractivity contribution in [1.82, 2.24) is 10.3 Å². The molecule has 0 spiro atoms. The summed E-state index contributed by atoms with van der Waals surface area (Å²) in [6.45, 7) is 5.45. The van der Waals surface area contributed by atoms with Crippen molar-refractivity contribution in [1.29, 1.82) is 0 Å². The van der Waals surface area contributed by atoms with Crippen LogP contribution in [0, 0.1) is 0 Å². The number of hydrogen-bond donors (Lipinski definition) is 1. The highest BCUT2D eigenvalue weighted by Gasteiger charge is 2.21. The largest absolute Gasteiger partial charge is 0.354 e. The molecule has 1 aromatic heterocycles. The van der Waals surface area contributed by atoms with Crippen molar-refractivity contribution in [2.24, 2.45) is 0 Å². The van der Waals surface area contributed by atoms with E-state index >= 15 is 0 Å². The third-order valence-corrected chi connectivity index (χ3v) is 4.35. The van der Waals surface area contributed by atoms with E-state index in [2.05, 4.69) is 41.2 Å². The Labute approximate surface area is 117 Å². The lowest BCUT2D eigenvalue weighted by Gasteiger charge is -2.34. The van der Waals surface area contributed by atoms with Crippen molar-refractivity contribution < 1.29 is 0 Å². The van der Waals surface area contributed by atoms with E-state index in [1.165, 1.54) is 37.7 Å². The molecule has 1 heterocycles. The van der Waals surface area contributed by atoms with Gasteiger partial charge in [-0.2, -0.15) is 0 Å². The summed E-state index contributed by atoms with van der Waals surface area (Å²) in [6, 6.07) is 5.45. The second-order valence-electron chi connectivity index (χ2n) is 5.54. The lowest BCUT2D eigenvalue weighted by Crippen LogP contribution is -2.37. The normalized spacial score (nSPS) is 18.3. The number of aromatic nitrogens is 1. The number of hydrogen-bond acceptors (Lipinski definition) is 3. The Kier molecular flexibility index (Phi) is 5.20. The zero-order valence-electron chi connectivity index (χ0n) is 12.5. The smallest absolute Gasteiger partial charge is 0.128 e. The van der Waals surface area contributed by atoms with Gasteiger partial charge in [-0.05, 0) is 45.4 Å². The molecule has 0 aliphatic heterocycles. The number of anilines is 1. The van der Waals surface area contributed by atoms with Crippen LogP contribution in [0.2, 0.25) is 0 Å². The molecule has 1 atom stereocenters. The molecule has 3 nitrogen and oxygen atoms in total. The van der Waals surface area contributed by atoms with Gasteiger partial charge in [-0.15, -0.1) is 0 Å². The maximum absolute atomic E-state index is 4.68. The van der Waals surface area contributed by atoms with Crippen molar-refractivity contribution in [3.8, 4) is 0 Å². The molecule has 0 radical (unpaired) electrons. The number of rotatable bonds is 5. The molecule has 19 heavy (non-hydrogen) atoms. The maximum atomic E-state index is 4.68. The molecule has 0 bridgehead atoms. The molecule has 0 amide bonds. The number of nitrogens with zero attached hydrogens (tertiary/aromatic N) is 2. The molecule has 1 aliphatic carbocycles. The molecule has 0 saturated heterocycles. The average molecular weight is 261 g/mol. The van der Waals surface area contributed by atoms with E-state index in [0.29, 0.717) is 12.1 Å². The van der Waals surface area contributed by atoms with Crippen LogP contribution in [-0.4, -0.2) is 24.6 Å². The summed E-state index contributed by atoms with van der Waals surface area (Å²) in [4.78, 5) is 7.16. The van der Waals surface area contributed by atoms with E-state index in [1.807, 2.05) is 13.2 Å². The lowest BCUT2D eigenvalue weighted by molar-refractivity contribution is 0.416. The highest BCUT2D eigenvalue weighted by atomic mass is 15.2. The monoisotopic (exact) mass is 261 g/mol. The second-order valence-corrected chi connectivity index (χ2v) is 5.54. The first-order chi connectivity index (χ1) is 9.26. The number of pyridine rings is 1. The van der Waals surface area contributed by atoms with Gasteiger partial charge in [-0.1, -0.05) is 25.3 Å². The van der Waals surface area contributed by atoms with Gasteiger partial charge in [0.1, 0.15) is 5.82 Å². The summed E-state index contributed by atoms with van der Waals surface area (Å²) in [5.74, 6) is 1.14. The van der Waals surface area contributed by atoms with Crippen molar-refractivity contribution >= 4 is 5.82 Å². The third-order valence-electron chi connectivity index (χ3n) is 4.35. The van der Waals surface area contributed by atoms with E-state index < -0.39 is 0 Å². The predicted molar refractivity (Wildman–Crippen MR) is 81.6 cm³/mol. The zero-order valence-corrected chi connectivity index (χ0v) is 12.5. The summed E-state index contributed by atoms with van der Waals surface area (Å²) in [5.41, 5.74) is 1.26. The molecule has 1 saturated carbocycles. The van der Waals surface area contributed by atoms with Gasteiger partial charge in [0.2, 0.25) is 0 Å². The van der Waals surface area contributed by atoms with Crippen molar-refractivity contribution in [2.45, 2.75) is 58.0 Å². The standard InChI is InChI=1S/C16H27N3/c1-4-19(15-8-6-5-7-9-15)16-11-10-14(12-18-16)13(2)17-3/h10-13,15,17H,4-9H2,1-3H3. The minimum Gasteiger partial charge on any atom is -0.354 e. The molecule has 1 unspecified atom stereocenters. The Hall–Kier alpha value is -1.09. The minimum atomic E-state index is 0.367. The zero-order chi connectivity index (χ0) is 13.7. The van der Waals surface area contributed by atoms with Crippen LogP contribution in [0.15, 0.2) is 18.3 Å². The molecule has 1 aromatic rings. The summed E-state index contributed by atoms with van der Waals surface area (Å²) < 4.78 is 0. The topological polar surface area (TPSA) is 28.2 Å². The van der Waals surface area contributed by atoms with E-state index in [4.69, 9.17) is 0 Å². The van der Waals surface area contributed by atoms with Crippen LogP contribution in [0.1, 0.15) is 57.6 Å². The molecule has 1 fully saturated rings. The fourth-order valence-corrected chi connectivity index (χ4v) is 2.99. The van der Waals surface area contributed by atoms with Gasteiger partial charge >= 0.3 is 0 Å². The average Bonchev–Trinajstić information content (AvgIpc) is 2.49. The van der Waals surface area contributed by atoms with Gasteiger partial charge < -0.3 is 10.2 Å². The van der Waals surface area contributed by atoms with Crippen LogP contribution in [0.3, 0.4) is 0 Å². The van der Waals surface area contributed by atoms with E-state index in [1.54, 1.807) is 0 Å². The van der Waals surface area contributed by atoms with Gasteiger partial charge in [-0.3, -0.25) is 0 Å². The van der Waals surface area contributed by atoms with Crippen LogP contribution >= 0.6 is 0 Å². The maximum Gasteiger partial charge on any atom is 0.128 e.